The molecule has 0 aromatic carbocycles. The summed E-state index contributed by atoms with van der Waals surface area (Å²) in [4.78, 5) is 7.80. The third-order valence-corrected chi connectivity index (χ3v) is 1.97. The second-order valence-electron chi connectivity index (χ2n) is 3.45. The molecule has 0 saturated carbocycles. The Kier molecular flexibility index (Phi) is 4.24. The van der Waals surface area contributed by atoms with Gasteiger partial charge in [-0.25, -0.2) is 15.8 Å². The molecule has 96 valence electrons. The minimum atomic E-state index is -4.39. The molecule has 0 radical (unpaired) electrons. The van der Waals surface area contributed by atoms with Crippen LogP contribution in [0.15, 0.2) is 6.07 Å². The van der Waals surface area contributed by atoms with Gasteiger partial charge in [-0.2, -0.15) is 13.2 Å². The van der Waals surface area contributed by atoms with Crippen molar-refractivity contribution in [1.82, 2.24) is 9.97 Å². The number of hydrazine groups is 1. The number of nitrogen functional groups attached to an aromatic ring is 1. The van der Waals surface area contributed by atoms with Crippen LogP contribution in [0, 0.1) is 6.92 Å². The summed E-state index contributed by atoms with van der Waals surface area (Å²) in [6.45, 7) is 2.29. The molecule has 1 heterocycles. The molecule has 0 aliphatic heterocycles. The highest BCUT2D eigenvalue weighted by atomic mass is 19.4. The van der Waals surface area contributed by atoms with Gasteiger partial charge in [0, 0.05) is 11.8 Å². The van der Waals surface area contributed by atoms with E-state index in [4.69, 9.17) is 5.84 Å². The number of halogens is 3. The van der Waals surface area contributed by atoms with Crippen LogP contribution in [0.1, 0.15) is 18.4 Å². The third kappa shape index (κ3) is 4.16. The van der Waals surface area contributed by atoms with Crippen molar-refractivity contribution in [3.63, 3.8) is 0 Å². The number of ether oxygens (including phenoxy) is 1. The molecule has 1 aromatic rings. The lowest BCUT2D eigenvalue weighted by molar-refractivity contribution is -0.217. The summed E-state index contributed by atoms with van der Waals surface area (Å²) in [6, 6.07) is 1.57. The number of alkyl halides is 3. The maximum absolute atomic E-state index is 12.2. The largest absolute Gasteiger partial charge is 0.414 e. The molecule has 0 bridgehead atoms. The first kappa shape index (κ1) is 13.7. The molecular formula is C9H13F3N4O. The van der Waals surface area contributed by atoms with Gasteiger partial charge in [0.2, 0.25) is 0 Å². The molecule has 8 heteroatoms. The zero-order valence-electron chi connectivity index (χ0n) is 9.38. The Balaban J connectivity index is 2.66. The van der Waals surface area contributed by atoms with Gasteiger partial charge in [-0.05, 0) is 13.8 Å². The molecular weight excluding hydrogens is 237 g/mol. The summed E-state index contributed by atoms with van der Waals surface area (Å²) in [5.41, 5.74) is 2.89. The van der Waals surface area contributed by atoms with Crippen LogP contribution < -0.4 is 11.3 Å². The summed E-state index contributed by atoms with van der Waals surface area (Å²) in [5.74, 6) is 5.63. The van der Waals surface area contributed by atoms with Gasteiger partial charge in [0.05, 0.1) is 0 Å². The summed E-state index contributed by atoms with van der Waals surface area (Å²) in [6.07, 6.45) is -6.25. The number of hydrogen-bond donors (Lipinski definition) is 2. The molecule has 0 aliphatic rings. The van der Waals surface area contributed by atoms with Crippen molar-refractivity contribution in [3.8, 4) is 0 Å². The third-order valence-electron chi connectivity index (χ3n) is 1.97. The molecule has 0 fully saturated rings. The Labute approximate surface area is 96.2 Å². The maximum atomic E-state index is 12.2. The monoisotopic (exact) mass is 250 g/mol. The van der Waals surface area contributed by atoms with Crippen molar-refractivity contribution in [2.75, 3.05) is 5.43 Å². The van der Waals surface area contributed by atoms with Gasteiger partial charge in [-0.15, -0.1) is 0 Å². The topological polar surface area (TPSA) is 73.1 Å². The molecule has 17 heavy (non-hydrogen) atoms. The fourth-order valence-electron chi connectivity index (χ4n) is 1.06. The predicted molar refractivity (Wildman–Crippen MR) is 54.9 cm³/mol. The van der Waals surface area contributed by atoms with Crippen LogP contribution in [-0.2, 0) is 11.3 Å². The van der Waals surface area contributed by atoms with E-state index in [0.717, 1.165) is 6.92 Å². The Hall–Kier alpha value is -1.41. The van der Waals surface area contributed by atoms with E-state index in [9.17, 15) is 13.2 Å². The van der Waals surface area contributed by atoms with Crippen LogP contribution in [0.3, 0.4) is 0 Å². The minimum Gasteiger partial charge on any atom is -0.361 e. The first-order valence-corrected chi connectivity index (χ1v) is 4.82. The van der Waals surface area contributed by atoms with Crippen molar-refractivity contribution in [3.05, 3.63) is 17.6 Å². The molecule has 3 N–H and O–H groups in total. The van der Waals surface area contributed by atoms with E-state index >= 15 is 0 Å². The van der Waals surface area contributed by atoms with Crippen molar-refractivity contribution in [2.24, 2.45) is 5.84 Å². The second kappa shape index (κ2) is 5.28. The normalized spacial score (nSPS) is 13.5. The summed E-state index contributed by atoms with van der Waals surface area (Å²) in [5, 5.41) is 0. The summed E-state index contributed by atoms with van der Waals surface area (Å²) in [7, 11) is 0. The highest BCUT2D eigenvalue weighted by molar-refractivity contribution is 5.33. The van der Waals surface area contributed by atoms with Crippen LogP contribution >= 0.6 is 0 Å². The van der Waals surface area contributed by atoms with Crippen molar-refractivity contribution < 1.29 is 17.9 Å². The first-order valence-electron chi connectivity index (χ1n) is 4.82. The van der Waals surface area contributed by atoms with Crippen molar-refractivity contribution in [2.45, 2.75) is 32.7 Å². The first-order chi connectivity index (χ1) is 7.82. The van der Waals surface area contributed by atoms with Crippen LogP contribution in [0.2, 0.25) is 0 Å². The van der Waals surface area contributed by atoms with Gasteiger partial charge in [0.15, 0.2) is 11.9 Å². The smallest absolute Gasteiger partial charge is 0.361 e. The molecule has 0 spiro atoms. The fourth-order valence-corrected chi connectivity index (χ4v) is 1.06. The molecule has 1 rings (SSSR count). The summed E-state index contributed by atoms with van der Waals surface area (Å²) < 4.78 is 41.2. The molecule has 1 atom stereocenters. The Bertz CT molecular complexity index is 383. The van der Waals surface area contributed by atoms with E-state index in [-0.39, 0.29) is 12.4 Å². The van der Waals surface area contributed by atoms with Crippen LogP contribution in [-0.4, -0.2) is 22.2 Å². The molecule has 0 amide bonds. The average Bonchev–Trinajstić information content (AvgIpc) is 2.23. The SMILES string of the molecule is Cc1cc(NN)nc(COC(C)C(F)(F)F)n1. The predicted octanol–water partition coefficient (Wildman–Crippen LogP) is 1.54. The van der Waals surface area contributed by atoms with Gasteiger partial charge >= 0.3 is 6.18 Å². The number of rotatable bonds is 4. The fraction of sp³-hybridized carbons (Fsp3) is 0.556. The molecule has 1 unspecified atom stereocenters. The van der Waals surface area contributed by atoms with Crippen LogP contribution in [0.25, 0.3) is 0 Å². The molecule has 0 saturated heterocycles. The standard InChI is InChI=1S/C9H13F3N4O/c1-5-3-7(16-13)15-8(14-5)4-17-6(2)9(10,11)12/h3,6H,4,13H2,1-2H3,(H,14,15,16). The van der Waals surface area contributed by atoms with E-state index in [0.29, 0.717) is 11.5 Å². The van der Waals surface area contributed by atoms with Crippen LogP contribution in [0.5, 0.6) is 0 Å². The average molecular weight is 250 g/mol. The van der Waals surface area contributed by atoms with E-state index < -0.39 is 12.3 Å². The van der Waals surface area contributed by atoms with E-state index in [1.807, 2.05) is 0 Å². The van der Waals surface area contributed by atoms with Gasteiger partial charge in [-0.1, -0.05) is 0 Å². The van der Waals surface area contributed by atoms with Crippen LogP contribution in [0.4, 0.5) is 19.0 Å². The number of aromatic nitrogens is 2. The van der Waals surface area contributed by atoms with E-state index in [1.54, 1.807) is 13.0 Å². The van der Waals surface area contributed by atoms with Gasteiger partial charge in [0.1, 0.15) is 12.4 Å². The minimum absolute atomic E-state index is 0.147. The lowest BCUT2D eigenvalue weighted by atomic mass is 10.4. The van der Waals surface area contributed by atoms with Gasteiger partial charge < -0.3 is 10.2 Å². The molecule has 5 nitrogen and oxygen atoms in total. The quantitative estimate of drug-likeness (QED) is 0.626. The lowest BCUT2D eigenvalue weighted by Gasteiger charge is -2.16. The molecule has 1 aromatic heterocycles. The highest BCUT2D eigenvalue weighted by Gasteiger charge is 2.37. The number of aryl methyl sites for hydroxylation is 1. The number of nitrogens with zero attached hydrogens (tertiary/aromatic N) is 2. The number of anilines is 1. The Morgan fingerprint density at radius 2 is 2.12 bits per heavy atom. The van der Waals surface area contributed by atoms with E-state index in [1.165, 1.54) is 0 Å². The van der Waals surface area contributed by atoms with Crippen molar-refractivity contribution >= 4 is 5.82 Å². The number of hydrogen-bond acceptors (Lipinski definition) is 5. The highest BCUT2D eigenvalue weighted by Crippen LogP contribution is 2.22. The maximum Gasteiger partial charge on any atom is 0.414 e. The Morgan fingerprint density at radius 1 is 1.47 bits per heavy atom. The second-order valence-corrected chi connectivity index (χ2v) is 3.45. The van der Waals surface area contributed by atoms with Crippen molar-refractivity contribution in [1.29, 1.82) is 0 Å². The van der Waals surface area contributed by atoms with Gasteiger partial charge in [-0.3, -0.25) is 0 Å². The molecule has 0 aliphatic carbocycles. The van der Waals surface area contributed by atoms with Gasteiger partial charge in [0.25, 0.3) is 0 Å². The lowest BCUT2D eigenvalue weighted by Crippen LogP contribution is -2.28. The zero-order chi connectivity index (χ0) is 13.1. The summed E-state index contributed by atoms with van der Waals surface area (Å²) >= 11 is 0. The number of nitrogens with two attached hydrogens (primary N) is 1. The van der Waals surface area contributed by atoms with E-state index in [2.05, 4.69) is 20.1 Å². The Morgan fingerprint density at radius 3 is 2.65 bits per heavy atom. The number of nitrogens with one attached hydrogen (secondary N) is 1. The zero-order valence-corrected chi connectivity index (χ0v) is 9.38.